The third-order valence-corrected chi connectivity index (χ3v) is 2.10. The van der Waals surface area contributed by atoms with Gasteiger partial charge in [0.1, 0.15) is 0 Å². The van der Waals surface area contributed by atoms with Gasteiger partial charge in [0, 0.05) is 11.8 Å². The van der Waals surface area contributed by atoms with Gasteiger partial charge in [-0.05, 0) is 19.6 Å². The predicted octanol–water partition coefficient (Wildman–Crippen LogP) is 1.56. The maximum absolute atomic E-state index is 2.29. The van der Waals surface area contributed by atoms with Crippen LogP contribution in [0.4, 0.5) is 0 Å². The Labute approximate surface area is 60.2 Å². The molecule has 0 aromatic carbocycles. The molecular weight excluding hydrogens is 138 g/mol. The Morgan fingerprint density at radius 3 is 1.75 bits per heavy atom. The van der Waals surface area contributed by atoms with Crippen molar-refractivity contribution in [2.24, 2.45) is 0 Å². The van der Waals surface area contributed by atoms with E-state index in [1.54, 1.807) is 0 Å². The van der Waals surface area contributed by atoms with Crippen molar-refractivity contribution in [3.05, 3.63) is 0 Å². The molecule has 0 aliphatic heterocycles. The quantitative estimate of drug-likeness (QED) is 0.561. The van der Waals surface area contributed by atoms with Crippen LogP contribution >= 0.6 is 23.5 Å². The van der Waals surface area contributed by atoms with E-state index in [0.29, 0.717) is 0 Å². The second-order valence-corrected chi connectivity index (χ2v) is 3.36. The molecule has 0 aliphatic carbocycles. The summed E-state index contributed by atoms with van der Waals surface area (Å²) in [5, 5.41) is 0. The number of thioether (sulfide) groups is 2. The summed E-state index contributed by atoms with van der Waals surface area (Å²) in [7, 11) is 2.13. The van der Waals surface area contributed by atoms with Gasteiger partial charge in [-0.3, -0.25) is 4.90 Å². The molecule has 0 radical (unpaired) electrons. The molecule has 3 heteroatoms. The first-order valence-electron chi connectivity index (χ1n) is 2.47. The van der Waals surface area contributed by atoms with Crippen LogP contribution in [0.5, 0.6) is 0 Å². The number of rotatable bonds is 4. The van der Waals surface area contributed by atoms with Gasteiger partial charge in [0.25, 0.3) is 0 Å². The summed E-state index contributed by atoms with van der Waals surface area (Å²) in [6, 6.07) is 0. The highest BCUT2D eigenvalue weighted by Crippen LogP contribution is 2.00. The van der Waals surface area contributed by atoms with Crippen LogP contribution in [-0.4, -0.2) is 36.2 Å². The van der Waals surface area contributed by atoms with Gasteiger partial charge in [-0.1, -0.05) is 0 Å². The lowest BCUT2D eigenvalue weighted by Gasteiger charge is -2.11. The Hall–Kier alpha value is 0.660. The van der Waals surface area contributed by atoms with Gasteiger partial charge < -0.3 is 0 Å². The molecule has 0 aromatic rings. The summed E-state index contributed by atoms with van der Waals surface area (Å²) in [6.07, 6.45) is 4.24. The molecule has 50 valence electrons. The number of hydrogen-bond acceptors (Lipinski definition) is 3. The van der Waals surface area contributed by atoms with Gasteiger partial charge in [0.15, 0.2) is 0 Å². The van der Waals surface area contributed by atoms with Crippen molar-refractivity contribution in [1.29, 1.82) is 0 Å². The number of nitrogens with zero attached hydrogens (tertiary/aromatic N) is 1. The van der Waals surface area contributed by atoms with Gasteiger partial charge in [-0.15, -0.1) is 23.5 Å². The highest BCUT2D eigenvalue weighted by atomic mass is 32.2. The molecule has 0 N–H and O–H groups in total. The van der Waals surface area contributed by atoms with Crippen LogP contribution in [0, 0.1) is 0 Å². The normalized spacial score (nSPS) is 10.5. The van der Waals surface area contributed by atoms with E-state index in [0.717, 1.165) is 11.8 Å². The Morgan fingerprint density at radius 1 is 1.12 bits per heavy atom. The number of hydrogen-bond donors (Lipinski definition) is 0. The molecule has 0 saturated carbocycles. The highest BCUT2D eigenvalue weighted by Gasteiger charge is 1.90. The van der Waals surface area contributed by atoms with E-state index >= 15 is 0 Å². The van der Waals surface area contributed by atoms with Crippen LogP contribution in [0.1, 0.15) is 0 Å². The zero-order valence-electron chi connectivity index (χ0n) is 5.68. The van der Waals surface area contributed by atoms with E-state index in [1.165, 1.54) is 0 Å². The van der Waals surface area contributed by atoms with Crippen molar-refractivity contribution in [2.45, 2.75) is 0 Å². The summed E-state index contributed by atoms with van der Waals surface area (Å²) < 4.78 is 0. The van der Waals surface area contributed by atoms with Gasteiger partial charge in [0.2, 0.25) is 0 Å². The summed E-state index contributed by atoms with van der Waals surface area (Å²) in [5.41, 5.74) is 0. The van der Waals surface area contributed by atoms with Crippen molar-refractivity contribution in [2.75, 3.05) is 31.3 Å². The van der Waals surface area contributed by atoms with Crippen LogP contribution in [0.2, 0.25) is 0 Å². The minimum absolute atomic E-state index is 1.14. The average Bonchev–Trinajstić information content (AvgIpc) is 1.68. The lowest BCUT2D eigenvalue weighted by Crippen LogP contribution is -2.15. The Morgan fingerprint density at radius 2 is 1.50 bits per heavy atom. The van der Waals surface area contributed by atoms with Gasteiger partial charge in [0.05, 0.1) is 0 Å². The molecule has 0 fully saturated rings. The van der Waals surface area contributed by atoms with Gasteiger partial charge in [-0.25, -0.2) is 0 Å². The van der Waals surface area contributed by atoms with Crippen LogP contribution in [0.25, 0.3) is 0 Å². The molecule has 0 aliphatic rings. The summed E-state index contributed by atoms with van der Waals surface area (Å²) in [5.74, 6) is 2.28. The second-order valence-electron chi connectivity index (χ2n) is 1.69. The van der Waals surface area contributed by atoms with E-state index in [4.69, 9.17) is 0 Å². The molecule has 0 unspecified atom stereocenters. The van der Waals surface area contributed by atoms with Crippen molar-refractivity contribution < 1.29 is 0 Å². The van der Waals surface area contributed by atoms with Crippen molar-refractivity contribution in [1.82, 2.24) is 4.90 Å². The minimum atomic E-state index is 1.14. The first-order valence-corrected chi connectivity index (χ1v) is 5.26. The van der Waals surface area contributed by atoms with Crippen molar-refractivity contribution >= 4 is 23.5 Å². The smallest absolute Gasteiger partial charge is 0.0446 e. The van der Waals surface area contributed by atoms with Crippen molar-refractivity contribution in [3.63, 3.8) is 0 Å². The minimum Gasteiger partial charge on any atom is -0.288 e. The third-order valence-electron chi connectivity index (χ3n) is 0.699. The fourth-order valence-corrected chi connectivity index (χ4v) is 1.66. The maximum Gasteiger partial charge on any atom is 0.0446 e. The van der Waals surface area contributed by atoms with E-state index in [2.05, 4.69) is 24.5 Å². The van der Waals surface area contributed by atoms with E-state index < -0.39 is 0 Å². The zero-order valence-corrected chi connectivity index (χ0v) is 7.31. The standard InChI is InChI=1S/C5H13NS2/c1-6(4-7-2)5-8-3/h4-5H2,1-3H3. The molecule has 1 nitrogen and oxygen atoms in total. The molecule has 0 saturated heterocycles. The molecular formula is C5H13NS2. The molecule has 8 heavy (non-hydrogen) atoms. The van der Waals surface area contributed by atoms with Crippen LogP contribution < -0.4 is 0 Å². The van der Waals surface area contributed by atoms with Crippen LogP contribution in [0.3, 0.4) is 0 Å². The highest BCUT2D eigenvalue weighted by molar-refractivity contribution is 7.99. The van der Waals surface area contributed by atoms with Crippen molar-refractivity contribution in [3.8, 4) is 0 Å². The largest absolute Gasteiger partial charge is 0.288 e. The summed E-state index contributed by atoms with van der Waals surface area (Å²) >= 11 is 3.72. The fraction of sp³-hybridized carbons (Fsp3) is 1.00. The first kappa shape index (κ1) is 8.66. The van der Waals surface area contributed by atoms with E-state index in [9.17, 15) is 0 Å². The van der Waals surface area contributed by atoms with E-state index in [1.807, 2.05) is 23.5 Å². The van der Waals surface area contributed by atoms with Gasteiger partial charge in [-0.2, -0.15) is 0 Å². The van der Waals surface area contributed by atoms with Crippen LogP contribution in [-0.2, 0) is 0 Å². The Kier molecular flexibility index (Phi) is 6.27. The molecule has 0 heterocycles. The lowest BCUT2D eigenvalue weighted by atomic mass is 11.0. The molecule has 0 bridgehead atoms. The first-order chi connectivity index (χ1) is 3.81. The Bertz CT molecular complexity index is 43.7. The topological polar surface area (TPSA) is 3.24 Å². The summed E-state index contributed by atoms with van der Waals surface area (Å²) in [4.78, 5) is 2.29. The van der Waals surface area contributed by atoms with Crippen LogP contribution in [0.15, 0.2) is 0 Å². The monoisotopic (exact) mass is 151 g/mol. The molecule has 0 spiro atoms. The van der Waals surface area contributed by atoms with Gasteiger partial charge >= 0.3 is 0 Å². The molecule has 0 aromatic heterocycles. The fourth-order valence-electron chi connectivity index (χ4n) is 0.478. The molecule has 0 amide bonds. The average molecular weight is 151 g/mol. The maximum atomic E-state index is 2.29. The zero-order chi connectivity index (χ0) is 6.41. The Balaban J connectivity index is 2.92. The van der Waals surface area contributed by atoms with E-state index in [-0.39, 0.29) is 0 Å². The SMILES string of the molecule is CSCN(C)CSC. The molecule has 0 atom stereocenters. The lowest BCUT2D eigenvalue weighted by molar-refractivity contribution is 0.467. The molecule has 0 rings (SSSR count). The predicted molar refractivity (Wildman–Crippen MR) is 44.5 cm³/mol. The summed E-state index contributed by atoms with van der Waals surface area (Å²) in [6.45, 7) is 0. The third kappa shape index (κ3) is 4.81. The second kappa shape index (κ2) is 5.79.